The van der Waals surface area contributed by atoms with E-state index < -0.39 is 16.7 Å². The maximum absolute atomic E-state index is 12.1. The van der Waals surface area contributed by atoms with Crippen molar-refractivity contribution in [3.63, 3.8) is 0 Å². The van der Waals surface area contributed by atoms with Gasteiger partial charge in [-0.3, -0.25) is 9.00 Å². The summed E-state index contributed by atoms with van der Waals surface area (Å²) in [6.07, 6.45) is 0. The Balaban J connectivity index is 2.05. The fourth-order valence-electron chi connectivity index (χ4n) is 1.64. The summed E-state index contributed by atoms with van der Waals surface area (Å²) in [6, 6.07) is 11.3. The molecule has 21 heavy (non-hydrogen) atoms. The number of anilines is 2. The van der Waals surface area contributed by atoms with E-state index >= 15 is 0 Å². The van der Waals surface area contributed by atoms with Crippen molar-refractivity contribution in [3.05, 3.63) is 52.5 Å². The van der Waals surface area contributed by atoms with Crippen LogP contribution in [-0.2, 0) is 15.6 Å². The van der Waals surface area contributed by atoms with Crippen LogP contribution in [0.25, 0.3) is 0 Å². The summed E-state index contributed by atoms with van der Waals surface area (Å²) >= 11 is 11.8. The fourth-order valence-corrected chi connectivity index (χ4v) is 3.02. The standard InChI is InChI=1S/C14H12Cl2N2O2S/c15-9-2-1-3-11(6-9)21(20)8-14(19)18-13-7-10(17)4-5-12(13)16/h1-7H,8,17H2,(H,18,19). The molecule has 1 atom stereocenters. The first-order chi connectivity index (χ1) is 9.95. The molecule has 0 heterocycles. The molecule has 0 fully saturated rings. The van der Waals surface area contributed by atoms with E-state index in [1.807, 2.05) is 0 Å². The summed E-state index contributed by atoms with van der Waals surface area (Å²) in [4.78, 5) is 12.4. The molecule has 1 amide bonds. The average Bonchev–Trinajstić information content (AvgIpc) is 2.42. The largest absolute Gasteiger partial charge is 0.399 e. The minimum atomic E-state index is -1.48. The Morgan fingerprint density at radius 2 is 1.95 bits per heavy atom. The van der Waals surface area contributed by atoms with Crippen molar-refractivity contribution in [1.82, 2.24) is 0 Å². The van der Waals surface area contributed by atoms with Crippen LogP contribution in [0.1, 0.15) is 0 Å². The van der Waals surface area contributed by atoms with E-state index in [1.54, 1.807) is 42.5 Å². The highest BCUT2D eigenvalue weighted by molar-refractivity contribution is 7.85. The van der Waals surface area contributed by atoms with Gasteiger partial charge in [-0.25, -0.2) is 0 Å². The molecule has 0 aliphatic heterocycles. The topological polar surface area (TPSA) is 72.2 Å². The number of carbonyl (C=O) groups is 1. The van der Waals surface area contributed by atoms with Gasteiger partial charge in [-0.15, -0.1) is 0 Å². The molecule has 0 saturated heterocycles. The number of amides is 1. The SMILES string of the molecule is Nc1ccc(Cl)c(NC(=O)CS(=O)c2cccc(Cl)c2)c1. The third kappa shape index (κ3) is 4.46. The maximum atomic E-state index is 12.1. The van der Waals surface area contributed by atoms with Gasteiger partial charge in [-0.05, 0) is 36.4 Å². The maximum Gasteiger partial charge on any atom is 0.237 e. The third-order valence-corrected chi connectivity index (χ3v) is 4.45. The van der Waals surface area contributed by atoms with Crippen molar-refractivity contribution in [2.24, 2.45) is 0 Å². The molecule has 2 rings (SSSR count). The molecule has 3 N–H and O–H groups in total. The summed E-state index contributed by atoms with van der Waals surface area (Å²) in [7, 11) is -1.48. The monoisotopic (exact) mass is 342 g/mol. The number of carbonyl (C=O) groups excluding carboxylic acids is 1. The molecule has 2 aromatic carbocycles. The second-order valence-corrected chi connectivity index (χ2v) is 6.53. The van der Waals surface area contributed by atoms with Gasteiger partial charge in [-0.2, -0.15) is 0 Å². The molecular formula is C14H12Cl2N2O2S. The molecule has 0 aliphatic carbocycles. The molecule has 2 aromatic rings. The second kappa shape index (κ2) is 6.93. The van der Waals surface area contributed by atoms with Crippen LogP contribution in [0, 0.1) is 0 Å². The van der Waals surface area contributed by atoms with Gasteiger partial charge >= 0.3 is 0 Å². The van der Waals surface area contributed by atoms with Gasteiger partial charge in [0, 0.05) is 15.6 Å². The second-order valence-electron chi connectivity index (χ2n) is 4.23. The number of nitrogens with two attached hydrogens (primary N) is 1. The predicted molar refractivity (Wildman–Crippen MR) is 87.2 cm³/mol. The Morgan fingerprint density at radius 1 is 1.19 bits per heavy atom. The van der Waals surface area contributed by atoms with E-state index in [0.717, 1.165) is 0 Å². The Morgan fingerprint density at radius 3 is 2.67 bits per heavy atom. The predicted octanol–water partition coefficient (Wildman–Crippen LogP) is 3.32. The van der Waals surface area contributed by atoms with Crippen LogP contribution in [0.5, 0.6) is 0 Å². The summed E-state index contributed by atoms with van der Waals surface area (Å²) in [6.45, 7) is 0. The smallest absolute Gasteiger partial charge is 0.237 e. The first-order valence-corrected chi connectivity index (χ1v) is 8.02. The average molecular weight is 343 g/mol. The summed E-state index contributed by atoms with van der Waals surface area (Å²) in [5, 5.41) is 3.43. The normalized spacial score (nSPS) is 11.9. The minimum absolute atomic E-state index is 0.189. The summed E-state index contributed by atoms with van der Waals surface area (Å²) in [5.41, 5.74) is 6.50. The molecule has 0 saturated carbocycles. The number of halogens is 2. The number of nitrogen functional groups attached to an aromatic ring is 1. The van der Waals surface area contributed by atoms with Gasteiger partial charge < -0.3 is 11.1 Å². The Kier molecular flexibility index (Phi) is 5.22. The van der Waals surface area contributed by atoms with Gasteiger partial charge in [0.15, 0.2) is 0 Å². The first-order valence-electron chi connectivity index (χ1n) is 5.94. The van der Waals surface area contributed by atoms with Gasteiger partial charge in [0.05, 0.1) is 21.5 Å². The molecule has 4 nitrogen and oxygen atoms in total. The highest BCUT2D eigenvalue weighted by Crippen LogP contribution is 2.24. The number of rotatable bonds is 4. The van der Waals surface area contributed by atoms with Crippen molar-refractivity contribution in [3.8, 4) is 0 Å². The zero-order valence-corrected chi connectivity index (χ0v) is 13.1. The van der Waals surface area contributed by atoms with E-state index in [-0.39, 0.29) is 5.75 Å². The molecule has 0 aromatic heterocycles. The molecule has 0 spiro atoms. The van der Waals surface area contributed by atoms with E-state index in [4.69, 9.17) is 28.9 Å². The Hall–Kier alpha value is -1.56. The van der Waals surface area contributed by atoms with Gasteiger partial charge in [0.25, 0.3) is 0 Å². The molecule has 1 unspecified atom stereocenters. The van der Waals surface area contributed by atoms with Crippen LogP contribution >= 0.6 is 23.2 Å². The van der Waals surface area contributed by atoms with Crippen LogP contribution in [0.3, 0.4) is 0 Å². The fraction of sp³-hybridized carbons (Fsp3) is 0.0714. The van der Waals surface area contributed by atoms with Gasteiger partial charge in [0.1, 0.15) is 5.75 Å². The summed E-state index contributed by atoms with van der Waals surface area (Å²) in [5.74, 6) is -0.605. The number of nitrogens with one attached hydrogen (secondary N) is 1. The number of hydrogen-bond acceptors (Lipinski definition) is 3. The number of benzene rings is 2. The van der Waals surface area contributed by atoms with E-state index in [0.29, 0.717) is 26.3 Å². The quantitative estimate of drug-likeness (QED) is 0.837. The highest BCUT2D eigenvalue weighted by Gasteiger charge is 2.12. The van der Waals surface area contributed by atoms with Crippen molar-refractivity contribution in [2.45, 2.75) is 4.90 Å². The van der Waals surface area contributed by atoms with Crippen LogP contribution < -0.4 is 11.1 Å². The molecule has 0 bridgehead atoms. The van der Waals surface area contributed by atoms with E-state index in [1.165, 1.54) is 0 Å². The third-order valence-electron chi connectivity index (χ3n) is 2.59. The van der Waals surface area contributed by atoms with E-state index in [2.05, 4.69) is 5.32 Å². The lowest BCUT2D eigenvalue weighted by Gasteiger charge is -2.08. The minimum Gasteiger partial charge on any atom is -0.399 e. The molecular weight excluding hydrogens is 331 g/mol. The molecule has 110 valence electrons. The zero-order chi connectivity index (χ0) is 15.4. The van der Waals surface area contributed by atoms with Crippen LogP contribution in [0.2, 0.25) is 10.0 Å². The molecule has 0 radical (unpaired) electrons. The van der Waals surface area contributed by atoms with Crippen molar-refractivity contribution in [1.29, 1.82) is 0 Å². The zero-order valence-electron chi connectivity index (χ0n) is 10.8. The van der Waals surface area contributed by atoms with Gasteiger partial charge in [-0.1, -0.05) is 29.3 Å². The first kappa shape index (κ1) is 15.8. The van der Waals surface area contributed by atoms with Crippen LogP contribution in [0.4, 0.5) is 11.4 Å². The van der Waals surface area contributed by atoms with Crippen molar-refractivity contribution >= 4 is 51.3 Å². The highest BCUT2D eigenvalue weighted by atomic mass is 35.5. The molecule has 7 heteroatoms. The Labute approximate surface area is 134 Å². The number of hydrogen-bond donors (Lipinski definition) is 2. The van der Waals surface area contributed by atoms with Crippen LogP contribution in [0.15, 0.2) is 47.4 Å². The lowest BCUT2D eigenvalue weighted by atomic mass is 10.3. The van der Waals surface area contributed by atoms with E-state index in [9.17, 15) is 9.00 Å². The summed E-state index contributed by atoms with van der Waals surface area (Å²) < 4.78 is 12.1. The molecule has 0 aliphatic rings. The van der Waals surface area contributed by atoms with Crippen LogP contribution in [-0.4, -0.2) is 15.9 Å². The van der Waals surface area contributed by atoms with Crippen molar-refractivity contribution < 1.29 is 9.00 Å². The van der Waals surface area contributed by atoms with Gasteiger partial charge in [0.2, 0.25) is 5.91 Å². The lowest BCUT2D eigenvalue weighted by molar-refractivity contribution is -0.113. The Bertz CT molecular complexity index is 707. The van der Waals surface area contributed by atoms with Crippen molar-refractivity contribution in [2.75, 3.05) is 16.8 Å². The lowest BCUT2D eigenvalue weighted by Crippen LogP contribution is -2.19.